The predicted molar refractivity (Wildman–Crippen MR) is 83.4 cm³/mol. The summed E-state index contributed by atoms with van der Waals surface area (Å²) in [5, 5.41) is 0. The van der Waals surface area contributed by atoms with Crippen LogP contribution >= 0.6 is 0 Å². The van der Waals surface area contributed by atoms with Gasteiger partial charge in [-0.15, -0.1) is 0 Å². The van der Waals surface area contributed by atoms with Crippen LogP contribution in [0.3, 0.4) is 0 Å². The van der Waals surface area contributed by atoms with Crippen LogP contribution in [-0.2, 0) is 14.3 Å². The zero-order valence-corrected chi connectivity index (χ0v) is 12.7. The molecule has 1 aliphatic heterocycles. The first kappa shape index (κ1) is 14.2. The third-order valence-corrected chi connectivity index (χ3v) is 5.44. The molecule has 3 heteroatoms. The van der Waals surface area contributed by atoms with E-state index in [1.54, 1.807) is 0 Å². The van der Waals surface area contributed by atoms with Crippen molar-refractivity contribution in [1.29, 1.82) is 0 Å². The van der Waals surface area contributed by atoms with Gasteiger partial charge < -0.3 is 9.47 Å². The summed E-state index contributed by atoms with van der Waals surface area (Å²) in [7, 11) is 0. The average Bonchev–Trinajstić information content (AvgIpc) is 2.93. The molecule has 0 amide bonds. The van der Waals surface area contributed by atoms with E-state index in [0.717, 1.165) is 19.3 Å². The largest absolute Gasteiger partial charge is 0.348 e. The lowest BCUT2D eigenvalue weighted by molar-refractivity contribution is -0.196. The van der Waals surface area contributed by atoms with Crippen molar-refractivity contribution in [1.82, 2.24) is 0 Å². The molecule has 3 atom stereocenters. The van der Waals surface area contributed by atoms with Gasteiger partial charge in [0.15, 0.2) is 5.79 Å². The van der Waals surface area contributed by atoms with E-state index in [1.165, 1.54) is 5.56 Å². The molecule has 0 aromatic heterocycles. The number of carbonyl (C=O) groups is 1. The van der Waals surface area contributed by atoms with E-state index in [1.807, 2.05) is 6.07 Å². The van der Waals surface area contributed by atoms with Gasteiger partial charge in [-0.3, -0.25) is 4.79 Å². The Bertz CT molecular complexity index is 572. The summed E-state index contributed by atoms with van der Waals surface area (Å²) in [6.07, 6.45) is 7.41. The second-order valence-corrected chi connectivity index (χ2v) is 6.66. The van der Waals surface area contributed by atoms with Crippen molar-refractivity contribution < 1.29 is 14.3 Å². The van der Waals surface area contributed by atoms with Crippen LogP contribution in [-0.4, -0.2) is 24.8 Å². The van der Waals surface area contributed by atoms with Gasteiger partial charge >= 0.3 is 0 Å². The molecule has 2 fully saturated rings. The van der Waals surface area contributed by atoms with E-state index >= 15 is 0 Å². The third-order valence-electron chi connectivity index (χ3n) is 5.44. The molecule has 1 saturated carbocycles. The highest BCUT2D eigenvalue weighted by Gasteiger charge is 2.49. The van der Waals surface area contributed by atoms with Crippen molar-refractivity contribution >= 4 is 5.78 Å². The summed E-state index contributed by atoms with van der Waals surface area (Å²) >= 11 is 0. The Kier molecular flexibility index (Phi) is 3.63. The third kappa shape index (κ3) is 2.42. The summed E-state index contributed by atoms with van der Waals surface area (Å²) in [6.45, 7) is 1.36. The Morgan fingerprint density at radius 1 is 1.09 bits per heavy atom. The molecule has 4 rings (SSSR count). The van der Waals surface area contributed by atoms with E-state index in [2.05, 4.69) is 36.4 Å². The lowest BCUT2D eigenvalue weighted by atomic mass is 9.67. The molecule has 0 N–H and O–H groups in total. The second-order valence-electron chi connectivity index (χ2n) is 6.66. The summed E-state index contributed by atoms with van der Waals surface area (Å²) in [5.74, 6) is 0.640. The highest BCUT2D eigenvalue weighted by atomic mass is 16.7. The zero-order valence-electron chi connectivity index (χ0n) is 12.7. The Morgan fingerprint density at radius 2 is 1.86 bits per heavy atom. The minimum Gasteiger partial charge on any atom is -0.348 e. The van der Waals surface area contributed by atoms with Crippen LogP contribution in [0.1, 0.15) is 37.2 Å². The summed E-state index contributed by atoms with van der Waals surface area (Å²) < 4.78 is 11.9. The first-order chi connectivity index (χ1) is 10.8. The number of rotatable bonds is 1. The maximum atomic E-state index is 12.5. The number of hydrogen-bond donors (Lipinski definition) is 0. The van der Waals surface area contributed by atoms with Crippen molar-refractivity contribution in [3.63, 3.8) is 0 Å². The SMILES string of the molecule is O=C1CC=C[C@@H](c2ccccc2)[C@@H]2CC3(CC[C@H]12)OCCO3. The molecule has 1 heterocycles. The number of carbonyl (C=O) groups excluding carboxylic acids is 1. The first-order valence-electron chi connectivity index (χ1n) is 8.30. The fraction of sp³-hybridized carbons (Fsp3) is 0.526. The van der Waals surface area contributed by atoms with Crippen LogP contribution in [0.25, 0.3) is 0 Å². The van der Waals surface area contributed by atoms with Crippen LogP contribution in [0, 0.1) is 11.8 Å². The lowest BCUT2D eigenvalue weighted by Gasteiger charge is -2.42. The van der Waals surface area contributed by atoms with Crippen molar-refractivity contribution in [2.45, 2.75) is 37.4 Å². The highest BCUT2D eigenvalue weighted by molar-refractivity contribution is 5.83. The van der Waals surface area contributed by atoms with Gasteiger partial charge in [-0.1, -0.05) is 42.5 Å². The minimum atomic E-state index is -0.438. The van der Waals surface area contributed by atoms with Crippen LogP contribution in [0.15, 0.2) is 42.5 Å². The summed E-state index contributed by atoms with van der Waals surface area (Å²) in [4.78, 5) is 12.5. The number of allylic oxidation sites excluding steroid dienone is 2. The molecule has 3 aliphatic rings. The van der Waals surface area contributed by atoms with Gasteiger partial charge in [0.2, 0.25) is 0 Å². The fourth-order valence-electron chi connectivity index (χ4n) is 4.39. The predicted octanol–water partition coefficient (Wildman–Crippen LogP) is 3.46. The zero-order chi connectivity index (χ0) is 15.0. The maximum absolute atomic E-state index is 12.5. The van der Waals surface area contributed by atoms with Gasteiger partial charge in [0.25, 0.3) is 0 Å². The molecule has 0 unspecified atom stereocenters. The van der Waals surface area contributed by atoms with Crippen LogP contribution < -0.4 is 0 Å². The van der Waals surface area contributed by atoms with Crippen molar-refractivity contribution in [2.24, 2.45) is 11.8 Å². The van der Waals surface area contributed by atoms with E-state index in [4.69, 9.17) is 9.47 Å². The summed E-state index contributed by atoms with van der Waals surface area (Å²) in [5.41, 5.74) is 1.29. The van der Waals surface area contributed by atoms with Gasteiger partial charge in [-0.2, -0.15) is 0 Å². The van der Waals surface area contributed by atoms with Crippen LogP contribution in [0.2, 0.25) is 0 Å². The van der Waals surface area contributed by atoms with Crippen LogP contribution in [0.4, 0.5) is 0 Å². The highest BCUT2D eigenvalue weighted by Crippen LogP contribution is 2.49. The van der Waals surface area contributed by atoms with E-state index < -0.39 is 5.79 Å². The Morgan fingerprint density at radius 3 is 2.64 bits per heavy atom. The van der Waals surface area contributed by atoms with Crippen molar-refractivity contribution in [3.05, 3.63) is 48.0 Å². The second kappa shape index (κ2) is 5.64. The molecule has 3 nitrogen and oxygen atoms in total. The quantitative estimate of drug-likeness (QED) is 0.745. The van der Waals surface area contributed by atoms with E-state index in [-0.39, 0.29) is 17.8 Å². The van der Waals surface area contributed by atoms with Crippen molar-refractivity contribution in [3.8, 4) is 0 Å². The summed E-state index contributed by atoms with van der Waals surface area (Å²) in [6, 6.07) is 10.5. The molecule has 1 aromatic rings. The number of benzene rings is 1. The molecule has 116 valence electrons. The monoisotopic (exact) mass is 298 g/mol. The number of hydrogen-bond acceptors (Lipinski definition) is 3. The molecule has 1 aromatic carbocycles. The smallest absolute Gasteiger partial charge is 0.168 e. The molecule has 1 spiro atoms. The molecule has 0 bridgehead atoms. The topological polar surface area (TPSA) is 35.5 Å². The molecule has 1 saturated heterocycles. The van der Waals surface area contributed by atoms with E-state index in [0.29, 0.717) is 25.4 Å². The normalized spacial score (nSPS) is 33.6. The molecule has 0 radical (unpaired) electrons. The fourth-order valence-corrected chi connectivity index (χ4v) is 4.39. The first-order valence-corrected chi connectivity index (χ1v) is 8.30. The van der Waals surface area contributed by atoms with Crippen LogP contribution in [0.5, 0.6) is 0 Å². The number of Topliss-reactive ketones (excluding diaryl/α,β-unsaturated/α-hetero) is 1. The lowest BCUT2D eigenvalue weighted by Crippen LogP contribution is -2.43. The van der Waals surface area contributed by atoms with Gasteiger partial charge in [-0.25, -0.2) is 0 Å². The molecule has 2 aliphatic carbocycles. The van der Waals surface area contributed by atoms with Gasteiger partial charge in [0.05, 0.1) is 13.2 Å². The van der Waals surface area contributed by atoms with Gasteiger partial charge in [-0.05, 0) is 17.9 Å². The van der Waals surface area contributed by atoms with Gasteiger partial charge in [0, 0.05) is 31.1 Å². The number of ketones is 1. The maximum Gasteiger partial charge on any atom is 0.168 e. The Balaban J connectivity index is 1.69. The van der Waals surface area contributed by atoms with Gasteiger partial charge in [0.1, 0.15) is 5.78 Å². The Labute approximate surface area is 131 Å². The number of ether oxygens (including phenoxy) is 2. The van der Waals surface area contributed by atoms with Crippen molar-refractivity contribution in [2.75, 3.05) is 13.2 Å². The standard InChI is InChI=1S/C19H22O3/c20-18-8-4-7-15(14-5-2-1-3-6-14)17-13-19(10-9-16(17)18)21-11-12-22-19/h1-7,15-17H,8-13H2/t15-,16-,17-/m0/s1. The molecular weight excluding hydrogens is 276 g/mol. The molecular formula is C19H22O3. The minimum absolute atomic E-state index is 0.138. The van der Waals surface area contributed by atoms with E-state index in [9.17, 15) is 4.79 Å². The average molecular weight is 298 g/mol. The molecule has 22 heavy (non-hydrogen) atoms. The Hall–Kier alpha value is -1.45. The number of fused-ring (bicyclic) bond motifs is 1.